The minimum atomic E-state index is 0.147. The SMILES string of the molecule is COC(=N)c1cncc2ccccc12. The van der Waals surface area contributed by atoms with Crippen LogP contribution >= 0.6 is 0 Å². The molecule has 0 atom stereocenters. The standard InChI is InChI=1S/C11H10N2O/c1-14-11(12)10-7-13-6-8-4-2-3-5-9(8)10/h2-7,12H,1H3. The summed E-state index contributed by atoms with van der Waals surface area (Å²) in [5, 5.41) is 9.61. The number of methoxy groups -OCH3 is 1. The van der Waals surface area contributed by atoms with Crippen LogP contribution in [-0.2, 0) is 4.74 Å². The van der Waals surface area contributed by atoms with Crippen LogP contribution in [-0.4, -0.2) is 18.0 Å². The lowest BCUT2D eigenvalue weighted by Crippen LogP contribution is -2.02. The maximum atomic E-state index is 7.60. The van der Waals surface area contributed by atoms with Crippen LogP contribution in [0.5, 0.6) is 0 Å². The Kier molecular flexibility index (Phi) is 2.14. The van der Waals surface area contributed by atoms with Gasteiger partial charge in [0.2, 0.25) is 5.90 Å². The highest BCUT2D eigenvalue weighted by Gasteiger charge is 2.05. The van der Waals surface area contributed by atoms with Crippen molar-refractivity contribution >= 4 is 16.7 Å². The van der Waals surface area contributed by atoms with E-state index in [9.17, 15) is 0 Å². The van der Waals surface area contributed by atoms with Gasteiger partial charge >= 0.3 is 0 Å². The van der Waals surface area contributed by atoms with E-state index >= 15 is 0 Å². The van der Waals surface area contributed by atoms with Gasteiger partial charge in [0.05, 0.1) is 12.7 Å². The van der Waals surface area contributed by atoms with Crippen molar-refractivity contribution in [3.63, 3.8) is 0 Å². The summed E-state index contributed by atoms with van der Waals surface area (Å²) < 4.78 is 4.89. The van der Waals surface area contributed by atoms with E-state index in [4.69, 9.17) is 10.1 Å². The summed E-state index contributed by atoms with van der Waals surface area (Å²) in [6.45, 7) is 0. The third-order valence-corrected chi connectivity index (χ3v) is 2.12. The third kappa shape index (κ3) is 1.33. The highest BCUT2D eigenvalue weighted by atomic mass is 16.5. The van der Waals surface area contributed by atoms with Crippen LogP contribution in [0.4, 0.5) is 0 Å². The van der Waals surface area contributed by atoms with Crippen molar-refractivity contribution in [2.75, 3.05) is 7.11 Å². The molecule has 0 aliphatic heterocycles. The molecule has 2 aromatic rings. The van der Waals surface area contributed by atoms with Crippen molar-refractivity contribution in [3.05, 3.63) is 42.2 Å². The Morgan fingerprint density at radius 1 is 1.29 bits per heavy atom. The lowest BCUT2D eigenvalue weighted by molar-refractivity contribution is 0.401. The normalized spacial score (nSPS) is 10.1. The summed E-state index contributed by atoms with van der Waals surface area (Å²) >= 11 is 0. The molecule has 0 radical (unpaired) electrons. The second kappa shape index (κ2) is 3.46. The zero-order valence-corrected chi connectivity index (χ0v) is 7.82. The molecule has 3 heteroatoms. The minimum absolute atomic E-state index is 0.147. The van der Waals surface area contributed by atoms with Gasteiger partial charge in [-0.05, 0) is 5.39 Å². The van der Waals surface area contributed by atoms with E-state index in [2.05, 4.69) is 4.98 Å². The van der Waals surface area contributed by atoms with E-state index in [1.54, 1.807) is 12.4 Å². The van der Waals surface area contributed by atoms with E-state index in [1.807, 2.05) is 24.3 Å². The van der Waals surface area contributed by atoms with Crippen molar-refractivity contribution in [1.82, 2.24) is 4.98 Å². The molecule has 0 aliphatic carbocycles. The Labute approximate surface area is 81.9 Å². The lowest BCUT2D eigenvalue weighted by Gasteiger charge is -2.05. The zero-order valence-electron chi connectivity index (χ0n) is 7.82. The van der Waals surface area contributed by atoms with Crippen LogP contribution in [0.15, 0.2) is 36.7 Å². The number of fused-ring (bicyclic) bond motifs is 1. The molecule has 0 bridgehead atoms. The Hall–Kier alpha value is -1.90. The van der Waals surface area contributed by atoms with Crippen LogP contribution in [0.3, 0.4) is 0 Å². The second-order valence-corrected chi connectivity index (χ2v) is 2.94. The highest BCUT2D eigenvalue weighted by Crippen LogP contribution is 2.17. The van der Waals surface area contributed by atoms with Crippen molar-refractivity contribution in [1.29, 1.82) is 5.41 Å². The van der Waals surface area contributed by atoms with E-state index in [0.717, 1.165) is 16.3 Å². The van der Waals surface area contributed by atoms with Crippen molar-refractivity contribution in [2.24, 2.45) is 0 Å². The van der Waals surface area contributed by atoms with Crippen LogP contribution in [0.25, 0.3) is 10.8 Å². The highest BCUT2D eigenvalue weighted by molar-refractivity contribution is 6.04. The molecule has 1 aromatic carbocycles. The fraction of sp³-hybridized carbons (Fsp3) is 0.0909. The van der Waals surface area contributed by atoms with Gasteiger partial charge in [-0.25, -0.2) is 0 Å². The predicted octanol–water partition coefficient (Wildman–Crippen LogP) is 2.21. The molecule has 1 heterocycles. The van der Waals surface area contributed by atoms with Crippen LogP contribution in [0.1, 0.15) is 5.56 Å². The Balaban J connectivity index is 2.71. The van der Waals surface area contributed by atoms with Crippen molar-refractivity contribution in [3.8, 4) is 0 Å². The first-order valence-electron chi connectivity index (χ1n) is 4.28. The number of aromatic nitrogens is 1. The molecule has 0 spiro atoms. The van der Waals surface area contributed by atoms with Crippen LogP contribution < -0.4 is 0 Å². The largest absolute Gasteiger partial charge is 0.481 e. The average molecular weight is 186 g/mol. The first-order valence-corrected chi connectivity index (χ1v) is 4.28. The predicted molar refractivity (Wildman–Crippen MR) is 55.6 cm³/mol. The monoisotopic (exact) mass is 186 g/mol. The molecule has 0 aliphatic rings. The summed E-state index contributed by atoms with van der Waals surface area (Å²) in [5.41, 5.74) is 0.727. The summed E-state index contributed by atoms with van der Waals surface area (Å²) in [6, 6.07) is 7.81. The molecule has 0 unspecified atom stereocenters. The maximum Gasteiger partial charge on any atom is 0.215 e. The van der Waals surface area contributed by atoms with Gasteiger partial charge in [-0.3, -0.25) is 10.4 Å². The molecule has 0 fully saturated rings. The van der Waals surface area contributed by atoms with Gasteiger partial charge in [0.1, 0.15) is 0 Å². The van der Waals surface area contributed by atoms with E-state index in [0.29, 0.717) is 0 Å². The molecule has 1 aromatic heterocycles. The molecule has 1 N–H and O–H groups in total. The summed E-state index contributed by atoms with van der Waals surface area (Å²) in [7, 11) is 1.49. The Morgan fingerprint density at radius 3 is 2.86 bits per heavy atom. The molecule has 0 saturated heterocycles. The maximum absolute atomic E-state index is 7.60. The van der Waals surface area contributed by atoms with Gasteiger partial charge in [0.15, 0.2) is 0 Å². The van der Waals surface area contributed by atoms with Crippen LogP contribution in [0, 0.1) is 5.41 Å². The number of ether oxygens (including phenoxy) is 1. The second-order valence-electron chi connectivity index (χ2n) is 2.94. The summed E-state index contributed by atoms with van der Waals surface area (Å²) in [4.78, 5) is 4.06. The average Bonchev–Trinajstić information content (AvgIpc) is 2.27. The van der Waals surface area contributed by atoms with Gasteiger partial charge in [-0.1, -0.05) is 24.3 Å². The van der Waals surface area contributed by atoms with Gasteiger partial charge in [-0.2, -0.15) is 0 Å². The topological polar surface area (TPSA) is 46.0 Å². The van der Waals surface area contributed by atoms with Gasteiger partial charge < -0.3 is 4.74 Å². The van der Waals surface area contributed by atoms with Crippen molar-refractivity contribution < 1.29 is 4.74 Å². The smallest absolute Gasteiger partial charge is 0.215 e. The van der Waals surface area contributed by atoms with Crippen molar-refractivity contribution in [2.45, 2.75) is 0 Å². The first-order chi connectivity index (χ1) is 6.83. The van der Waals surface area contributed by atoms with Gasteiger partial charge in [0.25, 0.3) is 0 Å². The molecular formula is C11H10N2O. The molecule has 3 nitrogen and oxygen atoms in total. The number of hydrogen-bond acceptors (Lipinski definition) is 3. The molecular weight excluding hydrogens is 176 g/mol. The fourth-order valence-corrected chi connectivity index (χ4v) is 1.41. The molecule has 0 saturated carbocycles. The molecule has 2 rings (SSSR count). The van der Waals surface area contributed by atoms with E-state index in [1.165, 1.54) is 7.11 Å². The Bertz CT molecular complexity index is 474. The quantitative estimate of drug-likeness (QED) is 0.548. The summed E-state index contributed by atoms with van der Waals surface area (Å²) in [5.74, 6) is 0.147. The molecule has 0 amide bonds. The fourth-order valence-electron chi connectivity index (χ4n) is 1.41. The number of pyridine rings is 1. The van der Waals surface area contributed by atoms with E-state index in [-0.39, 0.29) is 5.90 Å². The lowest BCUT2D eigenvalue weighted by atomic mass is 10.1. The van der Waals surface area contributed by atoms with E-state index < -0.39 is 0 Å². The number of rotatable bonds is 1. The summed E-state index contributed by atoms with van der Waals surface area (Å²) in [6.07, 6.45) is 3.43. The van der Waals surface area contributed by atoms with Gasteiger partial charge in [-0.15, -0.1) is 0 Å². The zero-order chi connectivity index (χ0) is 9.97. The number of hydrogen-bond donors (Lipinski definition) is 1. The Morgan fingerprint density at radius 2 is 2.07 bits per heavy atom. The minimum Gasteiger partial charge on any atom is -0.481 e. The number of benzene rings is 1. The van der Waals surface area contributed by atoms with Gasteiger partial charge in [0, 0.05) is 17.8 Å². The number of nitrogens with one attached hydrogen (secondary N) is 1. The molecule has 14 heavy (non-hydrogen) atoms. The third-order valence-electron chi connectivity index (χ3n) is 2.12. The molecule has 70 valence electrons. The number of nitrogens with zero attached hydrogens (tertiary/aromatic N) is 1. The van der Waals surface area contributed by atoms with Crippen LogP contribution in [0.2, 0.25) is 0 Å². The first kappa shape index (κ1) is 8.69.